The first-order chi connectivity index (χ1) is 13.0. The highest BCUT2D eigenvalue weighted by Crippen LogP contribution is 2.24. The van der Waals surface area contributed by atoms with Gasteiger partial charge in [0.25, 0.3) is 5.56 Å². The molecule has 0 unspecified atom stereocenters. The first-order valence-corrected chi connectivity index (χ1v) is 8.45. The molecule has 0 aliphatic carbocycles. The van der Waals surface area contributed by atoms with Crippen molar-refractivity contribution in [1.29, 1.82) is 0 Å². The Bertz CT molecular complexity index is 1290. The summed E-state index contributed by atoms with van der Waals surface area (Å²) in [4.78, 5) is 37.2. The number of anilines is 1. The summed E-state index contributed by atoms with van der Waals surface area (Å²) in [5.41, 5.74) is 0.912. The predicted octanol–water partition coefficient (Wildman–Crippen LogP) is 3.11. The highest BCUT2D eigenvalue weighted by molar-refractivity contribution is 6.03. The Labute approximate surface area is 153 Å². The first kappa shape index (κ1) is 16.8. The van der Waals surface area contributed by atoms with Crippen LogP contribution >= 0.6 is 0 Å². The number of amides is 1. The Morgan fingerprint density at radius 1 is 1.00 bits per heavy atom. The Morgan fingerprint density at radius 3 is 2.44 bits per heavy atom. The Hall–Kier alpha value is -3.67. The number of aromatic nitrogens is 1. The molecule has 0 saturated heterocycles. The molecule has 0 aliphatic heterocycles. The van der Waals surface area contributed by atoms with E-state index in [-0.39, 0.29) is 29.1 Å². The fourth-order valence-electron chi connectivity index (χ4n) is 3.22. The van der Waals surface area contributed by atoms with Crippen molar-refractivity contribution in [3.63, 3.8) is 0 Å². The quantitative estimate of drug-likeness (QED) is 0.450. The zero-order chi connectivity index (χ0) is 19.0. The lowest BCUT2D eigenvalue weighted by atomic mass is 10.1. The molecule has 4 rings (SSSR count). The summed E-state index contributed by atoms with van der Waals surface area (Å²) in [6, 6.07) is 17.9. The maximum Gasteiger partial charge on any atom is 0.345 e. The van der Waals surface area contributed by atoms with Gasteiger partial charge in [0.1, 0.15) is 11.3 Å². The molecule has 0 fully saturated rings. The van der Waals surface area contributed by atoms with E-state index in [1.165, 1.54) is 17.6 Å². The third-order valence-corrected chi connectivity index (χ3v) is 4.35. The number of rotatable bonds is 3. The minimum absolute atomic E-state index is 0.0495. The van der Waals surface area contributed by atoms with Crippen molar-refractivity contribution in [2.24, 2.45) is 0 Å². The SMILES string of the molecule is CC(=O)Nc1cc2c(=O)oc3ccccc3c2n(Cc2ccccc2)c1=O. The van der Waals surface area contributed by atoms with Crippen LogP contribution in [0.15, 0.2) is 74.7 Å². The van der Waals surface area contributed by atoms with Crippen LogP contribution < -0.4 is 16.5 Å². The van der Waals surface area contributed by atoms with E-state index < -0.39 is 5.63 Å². The fourth-order valence-corrected chi connectivity index (χ4v) is 3.22. The van der Waals surface area contributed by atoms with Gasteiger partial charge in [0.15, 0.2) is 0 Å². The van der Waals surface area contributed by atoms with Crippen molar-refractivity contribution in [3.8, 4) is 0 Å². The van der Waals surface area contributed by atoms with E-state index in [0.29, 0.717) is 16.5 Å². The predicted molar refractivity (Wildman–Crippen MR) is 104 cm³/mol. The molecule has 0 aliphatic rings. The third kappa shape index (κ3) is 3.01. The second-order valence-electron chi connectivity index (χ2n) is 6.26. The van der Waals surface area contributed by atoms with Crippen molar-refractivity contribution in [1.82, 2.24) is 4.57 Å². The van der Waals surface area contributed by atoms with Gasteiger partial charge in [0, 0.05) is 12.3 Å². The van der Waals surface area contributed by atoms with Gasteiger partial charge in [-0.2, -0.15) is 0 Å². The number of pyridine rings is 1. The van der Waals surface area contributed by atoms with Crippen LogP contribution in [0.2, 0.25) is 0 Å². The largest absolute Gasteiger partial charge is 0.422 e. The number of para-hydroxylation sites is 1. The highest BCUT2D eigenvalue weighted by Gasteiger charge is 2.17. The molecule has 2 aromatic heterocycles. The van der Waals surface area contributed by atoms with Crippen molar-refractivity contribution in [3.05, 3.63) is 87.0 Å². The van der Waals surface area contributed by atoms with Gasteiger partial charge in [-0.3, -0.25) is 9.59 Å². The number of carbonyl (C=O) groups is 1. The van der Waals surface area contributed by atoms with E-state index in [2.05, 4.69) is 5.32 Å². The van der Waals surface area contributed by atoms with E-state index >= 15 is 0 Å². The molecule has 2 aromatic carbocycles. The van der Waals surface area contributed by atoms with Crippen molar-refractivity contribution in [2.45, 2.75) is 13.5 Å². The molecule has 2 heterocycles. The molecule has 0 atom stereocenters. The summed E-state index contributed by atoms with van der Waals surface area (Å²) in [5.74, 6) is -0.386. The number of benzene rings is 2. The van der Waals surface area contributed by atoms with Crippen molar-refractivity contribution in [2.75, 3.05) is 5.32 Å². The molecule has 4 aromatic rings. The van der Waals surface area contributed by atoms with Crippen LogP contribution in [0.4, 0.5) is 5.69 Å². The molecule has 0 saturated carbocycles. The topological polar surface area (TPSA) is 81.3 Å². The van der Waals surface area contributed by atoms with Gasteiger partial charge in [0.2, 0.25) is 5.91 Å². The number of nitrogens with one attached hydrogen (secondary N) is 1. The minimum Gasteiger partial charge on any atom is -0.422 e. The van der Waals surface area contributed by atoms with Crippen LogP contribution in [0.25, 0.3) is 21.9 Å². The van der Waals surface area contributed by atoms with Gasteiger partial charge >= 0.3 is 5.63 Å². The van der Waals surface area contributed by atoms with Gasteiger partial charge in [-0.1, -0.05) is 42.5 Å². The van der Waals surface area contributed by atoms with Crippen molar-refractivity contribution < 1.29 is 9.21 Å². The third-order valence-electron chi connectivity index (χ3n) is 4.35. The Morgan fingerprint density at radius 2 is 1.70 bits per heavy atom. The molecule has 27 heavy (non-hydrogen) atoms. The summed E-state index contributed by atoms with van der Waals surface area (Å²) in [7, 11) is 0. The first-order valence-electron chi connectivity index (χ1n) is 8.45. The normalized spacial score (nSPS) is 11.0. The van der Waals surface area contributed by atoms with Gasteiger partial charge in [0.05, 0.1) is 17.4 Å². The summed E-state index contributed by atoms with van der Waals surface area (Å²) in [6.45, 7) is 1.57. The molecule has 0 radical (unpaired) electrons. The summed E-state index contributed by atoms with van der Waals surface area (Å²) >= 11 is 0. The van der Waals surface area contributed by atoms with Crippen LogP contribution in [-0.4, -0.2) is 10.5 Å². The molecule has 1 amide bonds. The van der Waals surface area contributed by atoms with E-state index in [0.717, 1.165) is 5.56 Å². The highest BCUT2D eigenvalue weighted by atomic mass is 16.4. The van der Waals surface area contributed by atoms with Crippen LogP contribution in [0.5, 0.6) is 0 Å². The van der Waals surface area contributed by atoms with Gasteiger partial charge in [-0.25, -0.2) is 4.79 Å². The Kier molecular flexibility index (Phi) is 4.08. The molecule has 1 N–H and O–H groups in total. The average Bonchev–Trinajstić information content (AvgIpc) is 2.65. The summed E-state index contributed by atoms with van der Waals surface area (Å²) in [6.07, 6.45) is 0. The maximum atomic E-state index is 13.1. The lowest BCUT2D eigenvalue weighted by Crippen LogP contribution is -2.27. The number of hydrogen-bond acceptors (Lipinski definition) is 4. The number of nitrogens with zero attached hydrogens (tertiary/aromatic N) is 1. The second kappa shape index (κ2) is 6.57. The van der Waals surface area contributed by atoms with Crippen LogP contribution in [0, 0.1) is 0 Å². The van der Waals surface area contributed by atoms with E-state index in [1.807, 2.05) is 36.4 Å². The van der Waals surface area contributed by atoms with Gasteiger partial charge in [-0.05, 0) is 23.8 Å². The maximum absolute atomic E-state index is 13.1. The lowest BCUT2D eigenvalue weighted by molar-refractivity contribution is -0.114. The summed E-state index contributed by atoms with van der Waals surface area (Å²) < 4.78 is 6.91. The fraction of sp³-hybridized carbons (Fsp3) is 0.0952. The molecule has 6 nitrogen and oxygen atoms in total. The molecule has 6 heteroatoms. The van der Waals surface area contributed by atoms with E-state index in [9.17, 15) is 14.4 Å². The molecule has 0 bridgehead atoms. The lowest BCUT2D eigenvalue weighted by Gasteiger charge is -2.14. The van der Waals surface area contributed by atoms with E-state index in [4.69, 9.17) is 4.42 Å². The van der Waals surface area contributed by atoms with Crippen LogP contribution in [0.1, 0.15) is 12.5 Å². The zero-order valence-corrected chi connectivity index (χ0v) is 14.6. The Balaban J connectivity index is 2.13. The van der Waals surface area contributed by atoms with Crippen LogP contribution in [-0.2, 0) is 11.3 Å². The zero-order valence-electron chi connectivity index (χ0n) is 14.6. The average molecular weight is 360 g/mol. The number of hydrogen-bond donors (Lipinski definition) is 1. The van der Waals surface area contributed by atoms with Crippen molar-refractivity contribution >= 4 is 33.5 Å². The smallest absolute Gasteiger partial charge is 0.345 e. The van der Waals surface area contributed by atoms with E-state index in [1.54, 1.807) is 18.2 Å². The summed E-state index contributed by atoms with van der Waals surface area (Å²) in [5, 5.41) is 3.42. The molecular weight excluding hydrogens is 344 g/mol. The minimum atomic E-state index is -0.558. The van der Waals surface area contributed by atoms with Crippen LogP contribution in [0.3, 0.4) is 0 Å². The number of fused-ring (bicyclic) bond motifs is 3. The molecule has 134 valence electrons. The van der Waals surface area contributed by atoms with Gasteiger partial charge < -0.3 is 14.3 Å². The number of carbonyl (C=O) groups excluding carboxylic acids is 1. The second-order valence-corrected chi connectivity index (χ2v) is 6.26. The molecular formula is C21H16N2O4. The molecule has 0 spiro atoms. The standard InChI is InChI=1S/C21H16N2O4/c1-13(24)22-17-11-16-19(15-9-5-6-10-18(15)27-21(16)26)23(20(17)25)12-14-7-3-2-4-8-14/h2-11H,12H2,1H3,(H,22,24). The van der Waals surface area contributed by atoms with Gasteiger partial charge in [-0.15, -0.1) is 0 Å². The monoisotopic (exact) mass is 360 g/mol.